The van der Waals surface area contributed by atoms with Gasteiger partial charge in [-0.3, -0.25) is 0 Å². The fourth-order valence-corrected chi connectivity index (χ4v) is 4.80. The normalized spacial score (nSPS) is 20.2. The average Bonchev–Trinajstić information content (AvgIpc) is 2.93. The summed E-state index contributed by atoms with van der Waals surface area (Å²) < 4.78 is 0. The number of nitrogens with one attached hydrogen (secondary N) is 1. The summed E-state index contributed by atoms with van der Waals surface area (Å²) in [5, 5.41) is 4.36. The van der Waals surface area contributed by atoms with Crippen molar-refractivity contribution in [2.24, 2.45) is 0 Å². The van der Waals surface area contributed by atoms with E-state index in [-0.39, 0.29) is 0 Å². The van der Waals surface area contributed by atoms with Gasteiger partial charge in [0.25, 0.3) is 0 Å². The van der Waals surface area contributed by atoms with Crippen LogP contribution >= 0.6 is 12.2 Å². The third-order valence-electron chi connectivity index (χ3n) is 6.36. The van der Waals surface area contributed by atoms with E-state index in [1.165, 1.54) is 62.5 Å². The molecule has 1 saturated carbocycles. The third-order valence-corrected chi connectivity index (χ3v) is 6.72. The second-order valence-corrected chi connectivity index (χ2v) is 8.66. The van der Waals surface area contributed by atoms with Gasteiger partial charge in [0.2, 0.25) is 0 Å². The van der Waals surface area contributed by atoms with Crippen LogP contribution in [0.3, 0.4) is 0 Å². The van der Waals surface area contributed by atoms with Crippen molar-refractivity contribution >= 4 is 23.0 Å². The maximum absolute atomic E-state index is 5.71. The van der Waals surface area contributed by atoms with E-state index in [4.69, 9.17) is 12.2 Å². The van der Waals surface area contributed by atoms with Crippen molar-refractivity contribution in [2.75, 3.05) is 25.5 Å². The molecule has 1 heterocycles. The lowest BCUT2D eigenvalue weighted by Gasteiger charge is -2.41. The van der Waals surface area contributed by atoms with Crippen LogP contribution in [0, 0.1) is 13.8 Å². The number of likely N-dealkylation sites (tertiary alicyclic amines) is 1. The smallest absolute Gasteiger partial charge is 0.173 e. The number of hydrogen-bond acceptors (Lipinski definition) is 2. The molecular weight excluding hydrogens is 338 g/mol. The third kappa shape index (κ3) is 4.98. The molecule has 144 valence electrons. The van der Waals surface area contributed by atoms with Gasteiger partial charge >= 0.3 is 0 Å². The summed E-state index contributed by atoms with van der Waals surface area (Å²) in [6.45, 7) is 6.40. The van der Waals surface area contributed by atoms with Crippen molar-refractivity contribution < 1.29 is 0 Å². The summed E-state index contributed by atoms with van der Waals surface area (Å²) in [5.41, 5.74) is 3.67. The summed E-state index contributed by atoms with van der Waals surface area (Å²) >= 11 is 5.71. The van der Waals surface area contributed by atoms with Gasteiger partial charge in [-0.25, -0.2) is 0 Å². The molecule has 1 saturated heterocycles. The molecule has 1 N–H and O–H groups in total. The van der Waals surface area contributed by atoms with Crippen molar-refractivity contribution in [1.29, 1.82) is 0 Å². The van der Waals surface area contributed by atoms with E-state index in [1.807, 2.05) is 0 Å². The molecule has 26 heavy (non-hydrogen) atoms. The van der Waals surface area contributed by atoms with Crippen molar-refractivity contribution in [1.82, 2.24) is 9.80 Å². The first-order chi connectivity index (χ1) is 12.5. The van der Waals surface area contributed by atoms with Crippen LogP contribution in [-0.2, 0) is 0 Å². The molecule has 2 aliphatic rings. The molecule has 0 spiro atoms. The molecule has 3 nitrogen and oxygen atoms in total. The predicted octanol–water partition coefficient (Wildman–Crippen LogP) is 5.12. The van der Waals surface area contributed by atoms with Crippen LogP contribution in [0.2, 0.25) is 0 Å². The van der Waals surface area contributed by atoms with E-state index < -0.39 is 0 Å². The summed E-state index contributed by atoms with van der Waals surface area (Å²) in [4.78, 5) is 5.05. The second-order valence-electron chi connectivity index (χ2n) is 8.28. The Labute approximate surface area is 165 Å². The van der Waals surface area contributed by atoms with Crippen LogP contribution in [0.15, 0.2) is 18.2 Å². The zero-order valence-electron chi connectivity index (χ0n) is 16.8. The number of piperidine rings is 1. The quantitative estimate of drug-likeness (QED) is 0.585. The molecule has 0 aromatic heterocycles. The highest BCUT2D eigenvalue weighted by Gasteiger charge is 2.28. The van der Waals surface area contributed by atoms with Crippen LogP contribution in [0.1, 0.15) is 62.5 Å². The number of benzene rings is 1. The largest absolute Gasteiger partial charge is 0.349 e. The van der Waals surface area contributed by atoms with Crippen LogP contribution in [0.25, 0.3) is 0 Å². The number of rotatable bonds is 3. The lowest BCUT2D eigenvalue weighted by molar-refractivity contribution is 0.111. The molecule has 0 amide bonds. The Hall–Kier alpha value is -1.13. The average molecular weight is 374 g/mol. The Bertz CT molecular complexity index is 599. The molecule has 0 radical (unpaired) electrons. The minimum Gasteiger partial charge on any atom is -0.349 e. The molecular formula is C22H35N3S. The SMILES string of the molecule is Cc1ccc(C)c(NC(=S)N2CCC(N(C)C3CCCCCC3)CC2)c1. The zero-order valence-corrected chi connectivity index (χ0v) is 17.6. The van der Waals surface area contributed by atoms with E-state index in [9.17, 15) is 0 Å². The first kappa shape index (κ1) is 19.6. The first-order valence-corrected chi connectivity index (χ1v) is 10.8. The Kier molecular flexibility index (Phi) is 6.93. The van der Waals surface area contributed by atoms with Gasteiger partial charge in [0, 0.05) is 30.9 Å². The fraction of sp³-hybridized carbons (Fsp3) is 0.682. The number of thiocarbonyl (C=S) groups is 1. The Morgan fingerprint density at radius 2 is 1.62 bits per heavy atom. The first-order valence-electron chi connectivity index (χ1n) is 10.4. The highest BCUT2D eigenvalue weighted by Crippen LogP contribution is 2.26. The fourth-order valence-electron chi connectivity index (χ4n) is 4.50. The van der Waals surface area contributed by atoms with Gasteiger partial charge in [0.05, 0.1) is 0 Å². The van der Waals surface area contributed by atoms with Gasteiger partial charge in [-0.05, 0) is 76.0 Å². The van der Waals surface area contributed by atoms with Gasteiger partial charge in [-0.1, -0.05) is 37.8 Å². The monoisotopic (exact) mass is 373 g/mol. The lowest BCUT2D eigenvalue weighted by Crippen LogP contribution is -2.49. The van der Waals surface area contributed by atoms with E-state index in [0.717, 1.165) is 36.0 Å². The maximum Gasteiger partial charge on any atom is 0.173 e. The minimum absolute atomic E-state index is 0.720. The van der Waals surface area contributed by atoms with Gasteiger partial charge in [0.1, 0.15) is 0 Å². The van der Waals surface area contributed by atoms with Crippen LogP contribution in [-0.4, -0.2) is 47.1 Å². The van der Waals surface area contributed by atoms with Gasteiger partial charge < -0.3 is 15.1 Å². The van der Waals surface area contributed by atoms with Crippen molar-refractivity contribution in [3.63, 3.8) is 0 Å². The minimum atomic E-state index is 0.720. The number of nitrogens with zero attached hydrogens (tertiary/aromatic N) is 2. The molecule has 1 aromatic carbocycles. The van der Waals surface area contributed by atoms with Crippen molar-refractivity contribution in [2.45, 2.75) is 77.3 Å². The Morgan fingerprint density at radius 1 is 1.00 bits per heavy atom. The van der Waals surface area contributed by atoms with Gasteiger partial charge in [0.15, 0.2) is 5.11 Å². The molecule has 0 unspecified atom stereocenters. The predicted molar refractivity (Wildman–Crippen MR) is 116 cm³/mol. The highest BCUT2D eigenvalue weighted by molar-refractivity contribution is 7.80. The van der Waals surface area contributed by atoms with Gasteiger partial charge in [-0.15, -0.1) is 0 Å². The van der Waals surface area contributed by atoms with Crippen LogP contribution in [0.4, 0.5) is 5.69 Å². The van der Waals surface area contributed by atoms with Crippen molar-refractivity contribution in [3.05, 3.63) is 29.3 Å². The summed E-state index contributed by atoms with van der Waals surface area (Å²) in [5.74, 6) is 0. The molecule has 3 rings (SSSR count). The van der Waals surface area contributed by atoms with E-state index in [2.05, 4.69) is 54.2 Å². The lowest BCUT2D eigenvalue weighted by atomic mass is 9.99. The zero-order chi connectivity index (χ0) is 18.5. The number of anilines is 1. The van der Waals surface area contributed by atoms with E-state index in [1.54, 1.807) is 0 Å². The molecule has 1 aromatic rings. The van der Waals surface area contributed by atoms with Crippen LogP contribution < -0.4 is 5.32 Å². The summed E-state index contributed by atoms with van der Waals surface area (Å²) in [7, 11) is 2.36. The summed E-state index contributed by atoms with van der Waals surface area (Å²) in [6.07, 6.45) is 10.9. The Morgan fingerprint density at radius 3 is 2.27 bits per heavy atom. The number of aryl methyl sites for hydroxylation is 2. The Balaban J connectivity index is 1.51. The molecule has 1 aliphatic heterocycles. The standard InChI is InChI=1S/C22H35N3S/c1-17-10-11-18(2)21(16-17)23-22(26)25-14-12-20(13-15-25)24(3)19-8-6-4-5-7-9-19/h10-11,16,19-20H,4-9,12-15H2,1-3H3,(H,23,26). The maximum atomic E-state index is 5.71. The van der Waals surface area contributed by atoms with Crippen LogP contribution in [0.5, 0.6) is 0 Å². The number of hydrogen-bond donors (Lipinski definition) is 1. The molecule has 1 aliphatic carbocycles. The van der Waals surface area contributed by atoms with E-state index >= 15 is 0 Å². The highest BCUT2D eigenvalue weighted by atomic mass is 32.1. The topological polar surface area (TPSA) is 18.5 Å². The van der Waals surface area contributed by atoms with Crippen molar-refractivity contribution in [3.8, 4) is 0 Å². The molecule has 0 bridgehead atoms. The second kappa shape index (κ2) is 9.18. The molecule has 0 atom stereocenters. The summed E-state index contributed by atoms with van der Waals surface area (Å²) in [6, 6.07) is 8.02. The molecule has 2 fully saturated rings. The van der Waals surface area contributed by atoms with Gasteiger partial charge in [-0.2, -0.15) is 0 Å². The molecule has 4 heteroatoms. The van der Waals surface area contributed by atoms with E-state index in [0.29, 0.717) is 0 Å².